The molecule has 2 rings (SSSR count). The van der Waals surface area contributed by atoms with Gasteiger partial charge in [0, 0.05) is 6.42 Å². The second kappa shape index (κ2) is 6.28. The zero-order valence-corrected chi connectivity index (χ0v) is 11.7. The molecular weight excluding hydrogens is 236 g/mol. The van der Waals surface area contributed by atoms with Gasteiger partial charge in [-0.2, -0.15) is 0 Å². The Morgan fingerprint density at radius 2 is 1.32 bits per heavy atom. The van der Waals surface area contributed by atoms with E-state index in [1.165, 1.54) is 11.1 Å². The van der Waals surface area contributed by atoms with E-state index in [-0.39, 0.29) is 6.29 Å². The SMILES string of the molecule is CCC(Oc1cccc(C)c1)Oc1cccc(C)c1. The lowest BCUT2D eigenvalue weighted by Gasteiger charge is -2.19. The first-order valence-corrected chi connectivity index (χ1v) is 6.64. The van der Waals surface area contributed by atoms with E-state index < -0.39 is 0 Å². The minimum absolute atomic E-state index is 0.261. The summed E-state index contributed by atoms with van der Waals surface area (Å²) in [6, 6.07) is 16.0. The first-order chi connectivity index (χ1) is 9.17. The normalized spacial score (nSPS) is 10.5. The molecule has 0 unspecified atom stereocenters. The maximum absolute atomic E-state index is 5.87. The molecule has 0 radical (unpaired) electrons. The van der Waals surface area contributed by atoms with Crippen LogP contribution in [0.2, 0.25) is 0 Å². The monoisotopic (exact) mass is 256 g/mol. The van der Waals surface area contributed by atoms with Crippen LogP contribution in [-0.4, -0.2) is 6.29 Å². The van der Waals surface area contributed by atoms with Crippen LogP contribution in [-0.2, 0) is 0 Å². The largest absolute Gasteiger partial charge is 0.455 e. The highest BCUT2D eigenvalue weighted by Gasteiger charge is 2.10. The predicted molar refractivity (Wildman–Crippen MR) is 77.7 cm³/mol. The number of aryl methyl sites for hydroxylation is 2. The zero-order chi connectivity index (χ0) is 13.7. The molecule has 0 amide bonds. The molecule has 0 aromatic heterocycles. The fraction of sp³-hybridized carbons (Fsp3) is 0.294. The van der Waals surface area contributed by atoms with Gasteiger partial charge in [-0.15, -0.1) is 0 Å². The number of benzene rings is 2. The summed E-state index contributed by atoms with van der Waals surface area (Å²) < 4.78 is 11.7. The summed E-state index contributed by atoms with van der Waals surface area (Å²) in [7, 11) is 0. The molecule has 0 fully saturated rings. The van der Waals surface area contributed by atoms with Crippen molar-refractivity contribution in [2.75, 3.05) is 0 Å². The van der Waals surface area contributed by atoms with Crippen molar-refractivity contribution in [2.24, 2.45) is 0 Å². The second-order valence-electron chi connectivity index (χ2n) is 4.71. The molecule has 0 N–H and O–H groups in total. The van der Waals surface area contributed by atoms with Crippen LogP contribution in [0.1, 0.15) is 24.5 Å². The Morgan fingerprint density at radius 1 is 0.842 bits per heavy atom. The van der Waals surface area contributed by atoms with Gasteiger partial charge in [0.05, 0.1) is 0 Å². The van der Waals surface area contributed by atoms with E-state index in [1.54, 1.807) is 0 Å². The number of rotatable bonds is 5. The van der Waals surface area contributed by atoms with Crippen LogP contribution in [0.5, 0.6) is 11.5 Å². The van der Waals surface area contributed by atoms with Crippen LogP contribution < -0.4 is 9.47 Å². The maximum atomic E-state index is 5.87. The Balaban J connectivity index is 2.04. The van der Waals surface area contributed by atoms with E-state index in [2.05, 4.69) is 32.9 Å². The summed E-state index contributed by atoms with van der Waals surface area (Å²) in [6.45, 7) is 6.15. The number of hydrogen-bond acceptors (Lipinski definition) is 2. The first-order valence-electron chi connectivity index (χ1n) is 6.64. The van der Waals surface area contributed by atoms with E-state index in [0.717, 1.165) is 17.9 Å². The van der Waals surface area contributed by atoms with Crippen LogP contribution in [0.4, 0.5) is 0 Å². The lowest BCUT2D eigenvalue weighted by Crippen LogP contribution is -2.22. The third-order valence-corrected chi connectivity index (χ3v) is 2.85. The van der Waals surface area contributed by atoms with Crippen LogP contribution >= 0.6 is 0 Å². The molecule has 0 aliphatic heterocycles. The third-order valence-electron chi connectivity index (χ3n) is 2.85. The predicted octanol–water partition coefficient (Wildman–Crippen LogP) is 4.50. The molecule has 0 heterocycles. The van der Waals surface area contributed by atoms with E-state index in [9.17, 15) is 0 Å². The van der Waals surface area contributed by atoms with Crippen LogP contribution in [0.25, 0.3) is 0 Å². The molecule has 0 saturated carbocycles. The average Bonchev–Trinajstić information content (AvgIpc) is 2.38. The van der Waals surface area contributed by atoms with E-state index in [4.69, 9.17) is 9.47 Å². The van der Waals surface area contributed by atoms with Crippen molar-refractivity contribution in [2.45, 2.75) is 33.5 Å². The van der Waals surface area contributed by atoms with Gasteiger partial charge in [0.1, 0.15) is 11.5 Å². The fourth-order valence-electron chi connectivity index (χ4n) is 1.87. The molecule has 0 atom stereocenters. The van der Waals surface area contributed by atoms with Crippen molar-refractivity contribution in [1.82, 2.24) is 0 Å². The molecule has 19 heavy (non-hydrogen) atoms. The third kappa shape index (κ3) is 4.02. The van der Waals surface area contributed by atoms with E-state index in [1.807, 2.05) is 36.4 Å². The molecular formula is C17H20O2. The lowest BCUT2D eigenvalue weighted by atomic mass is 10.2. The average molecular weight is 256 g/mol. The van der Waals surface area contributed by atoms with Crippen molar-refractivity contribution >= 4 is 0 Å². The zero-order valence-electron chi connectivity index (χ0n) is 11.7. The van der Waals surface area contributed by atoms with Crippen molar-refractivity contribution in [1.29, 1.82) is 0 Å². The minimum atomic E-state index is -0.261. The molecule has 2 nitrogen and oxygen atoms in total. The van der Waals surface area contributed by atoms with Gasteiger partial charge in [0.2, 0.25) is 6.29 Å². The first kappa shape index (κ1) is 13.5. The summed E-state index contributed by atoms with van der Waals surface area (Å²) in [5.41, 5.74) is 2.37. The van der Waals surface area contributed by atoms with Crippen molar-refractivity contribution in [3.8, 4) is 11.5 Å². The summed E-state index contributed by atoms with van der Waals surface area (Å²) in [5, 5.41) is 0. The van der Waals surface area contributed by atoms with Gasteiger partial charge in [0.15, 0.2) is 0 Å². The van der Waals surface area contributed by atoms with Gasteiger partial charge >= 0.3 is 0 Å². The molecule has 0 aliphatic carbocycles. The van der Waals surface area contributed by atoms with Crippen LogP contribution in [0.15, 0.2) is 48.5 Å². The minimum Gasteiger partial charge on any atom is -0.455 e. The lowest BCUT2D eigenvalue weighted by molar-refractivity contribution is 0.00324. The number of ether oxygens (including phenoxy) is 2. The molecule has 0 spiro atoms. The van der Waals surface area contributed by atoms with Crippen LogP contribution in [0.3, 0.4) is 0 Å². The fourth-order valence-corrected chi connectivity index (χ4v) is 1.87. The second-order valence-corrected chi connectivity index (χ2v) is 4.71. The van der Waals surface area contributed by atoms with Gasteiger partial charge in [-0.1, -0.05) is 31.2 Å². The maximum Gasteiger partial charge on any atom is 0.240 e. The van der Waals surface area contributed by atoms with Gasteiger partial charge in [0.25, 0.3) is 0 Å². The standard InChI is InChI=1S/C17H20O2/c1-4-17(18-15-9-5-7-13(2)11-15)19-16-10-6-8-14(3)12-16/h5-12,17H,4H2,1-3H3. The quantitative estimate of drug-likeness (QED) is 0.733. The van der Waals surface area contributed by atoms with Gasteiger partial charge in [-0.05, 0) is 49.2 Å². The molecule has 0 saturated heterocycles. The van der Waals surface area contributed by atoms with Crippen LogP contribution in [0, 0.1) is 13.8 Å². The molecule has 2 aromatic rings. The smallest absolute Gasteiger partial charge is 0.240 e. The number of hydrogen-bond donors (Lipinski definition) is 0. The topological polar surface area (TPSA) is 18.5 Å². The highest BCUT2D eigenvalue weighted by Crippen LogP contribution is 2.19. The molecule has 100 valence electrons. The highest BCUT2D eigenvalue weighted by molar-refractivity contribution is 5.29. The van der Waals surface area contributed by atoms with Crippen molar-refractivity contribution in [3.05, 3.63) is 59.7 Å². The van der Waals surface area contributed by atoms with Crippen molar-refractivity contribution in [3.63, 3.8) is 0 Å². The Bertz CT molecular complexity index is 487. The molecule has 2 heteroatoms. The summed E-state index contributed by atoms with van der Waals surface area (Å²) in [4.78, 5) is 0. The van der Waals surface area contributed by atoms with Gasteiger partial charge < -0.3 is 9.47 Å². The molecule has 2 aromatic carbocycles. The highest BCUT2D eigenvalue weighted by atomic mass is 16.7. The van der Waals surface area contributed by atoms with Gasteiger partial charge in [-0.25, -0.2) is 0 Å². The Hall–Kier alpha value is -1.96. The molecule has 0 bridgehead atoms. The summed E-state index contributed by atoms with van der Waals surface area (Å²) in [5.74, 6) is 1.69. The Morgan fingerprint density at radius 3 is 1.68 bits per heavy atom. The van der Waals surface area contributed by atoms with Gasteiger partial charge in [-0.3, -0.25) is 0 Å². The summed E-state index contributed by atoms with van der Waals surface area (Å²) in [6.07, 6.45) is 0.533. The molecule has 0 aliphatic rings. The van der Waals surface area contributed by atoms with E-state index in [0.29, 0.717) is 0 Å². The van der Waals surface area contributed by atoms with E-state index >= 15 is 0 Å². The Kier molecular flexibility index (Phi) is 4.45. The summed E-state index contributed by atoms with van der Waals surface area (Å²) >= 11 is 0. The van der Waals surface area contributed by atoms with Crippen molar-refractivity contribution < 1.29 is 9.47 Å². The Labute approximate surface area is 115 Å².